The van der Waals surface area contributed by atoms with Crippen LogP contribution in [-0.4, -0.2) is 31.9 Å². The van der Waals surface area contributed by atoms with Gasteiger partial charge in [0.05, 0.1) is 11.0 Å². The standard InChI is InChI=1S/C20H27NO3S/c1-20(2,21-15-19(22)17-9-5-4-6-10-17)13-12-16-8-7-11-18(14-16)25(3,23)24/h4-11,14,19,21-22H,12-13,15H2,1-3H3. The molecular formula is C20H27NO3S. The van der Waals surface area contributed by atoms with Crippen LogP contribution in [0.25, 0.3) is 0 Å². The highest BCUT2D eigenvalue weighted by Gasteiger charge is 2.19. The first-order valence-electron chi connectivity index (χ1n) is 8.44. The zero-order valence-electron chi connectivity index (χ0n) is 15.1. The number of rotatable bonds is 8. The lowest BCUT2D eigenvalue weighted by Gasteiger charge is -2.28. The molecule has 0 saturated heterocycles. The zero-order chi connectivity index (χ0) is 18.5. The first-order valence-corrected chi connectivity index (χ1v) is 10.3. The molecule has 0 heterocycles. The van der Waals surface area contributed by atoms with Gasteiger partial charge >= 0.3 is 0 Å². The van der Waals surface area contributed by atoms with Gasteiger partial charge < -0.3 is 10.4 Å². The second kappa shape index (κ2) is 8.13. The number of aryl methyl sites for hydroxylation is 1. The highest BCUT2D eigenvalue weighted by Crippen LogP contribution is 2.18. The number of aliphatic hydroxyl groups is 1. The minimum Gasteiger partial charge on any atom is -0.387 e. The summed E-state index contributed by atoms with van der Waals surface area (Å²) in [4.78, 5) is 0.357. The van der Waals surface area contributed by atoms with E-state index in [1.807, 2.05) is 36.4 Å². The van der Waals surface area contributed by atoms with E-state index in [1.54, 1.807) is 18.2 Å². The van der Waals surface area contributed by atoms with Crippen molar-refractivity contribution in [3.05, 3.63) is 65.7 Å². The van der Waals surface area contributed by atoms with E-state index >= 15 is 0 Å². The van der Waals surface area contributed by atoms with Crippen LogP contribution < -0.4 is 5.32 Å². The van der Waals surface area contributed by atoms with Gasteiger partial charge in [-0.1, -0.05) is 42.5 Å². The Morgan fingerprint density at radius 3 is 2.40 bits per heavy atom. The van der Waals surface area contributed by atoms with E-state index in [-0.39, 0.29) is 5.54 Å². The molecule has 0 aromatic heterocycles. The smallest absolute Gasteiger partial charge is 0.175 e. The van der Waals surface area contributed by atoms with Crippen molar-refractivity contribution in [2.45, 2.75) is 43.2 Å². The minimum atomic E-state index is -3.18. The van der Waals surface area contributed by atoms with Gasteiger partial charge in [-0.2, -0.15) is 0 Å². The molecule has 2 aromatic carbocycles. The second-order valence-corrected chi connectivity index (χ2v) is 9.13. The summed E-state index contributed by atoms with van der Waals surface area (Å²) in [6.07, 6.45) is 2.28. The van der Waals surface area contributed by atoms with Crippen LogP contribution in [0.5, 0.6) is 0 Å². The Hall–Kier alpha value is -1.69. The monoisotopic (exact) mass is 361 g/mol. The molecule has 136 valence electrons. The largest absolute Gasteiger partial charge is 0.387 e. The molecule has 0 spiro atoms. The van der Waals surface area contributed by atoms with Crippen LogP contribution in [0.4, 0.5) is 0 Å². The number of hydrogen-bond acceptors (Lipinski definition) is 4. The number of aliphatic hydroxyl groups excluding tert-OH is 1. The predicted molar refractivity (Wildman–Crippen MR) is 101 cm³/mol. The van der Waals surface area contributed by atoms with Gasteiger partial charge in [-0.3, -0.25) is 0 Å². The molecule has 2 N–H and O–H groups in total. The molecule has 2 aromatic rings. The summed E-state index contributed by atoms with van der Waals surface area (Å²) in [6.45, 7) is 4.65. The van der Waals surface area contributed by atoms with E-state index in [4.69, 9.17) is 0 Å². The summed E-state index contributed by atoms with van der Waals surface area (Å²) in [5.41, 5.74) is 1.73. The van der Waals surface area contributed by atoms with Crippen molar-refractivity contribution in [2.24, 2.45) is 0 Å². The Kier molecular flexibility index (Phi) is 6.38. The average molecular weight is 362 g/mol. The Morgan fingerprint density at radius 1 is 1.08 bits per heavy atom. The lowest BCUT2D eigenvalue weighted by molar-refractivity contribution is 0.159. The molecule has 2 rings (SSSR count). The van der Waals surface area contributed by atoms with Gasteiger partial charge in [-0.15, -0.1) is 0 Å². The quantitative estimate of drug-likeness (QED) is 0.758. The van der Waals surface area contributed by atoms with Crippen LogP contribution >= 0.6 is 0 Å². The van der Waals surface area contributed by atoms with Gasteiger partial charge in [0, 0.05) is 18.3 Å². The fourth-order valence-electron chi connectivity index (χ4n) is 2.64. The van der Waals surface area contributed by atoms with Crippen molar-refractivity contribution >= 4 is 9.84 Å². The molecular weight excluding hydrogens is 334 g/mol. The Labute approximate surface area is 150 Å². The molecule has 0 fully saturated rings. The highest BCUT2D eigenvalue weighted by molar-refractivity contribution is 7.90. The fraction of sp³-hybridized carbons (Fsp3) is 0.400. The lowest BCUT2D eigenvalue weighted by Crippen LogP contribution is -2.42. The molecule has 4 nitrogen and oxygen atoms in total. The van der Waals surface area contributed by atoms with Crippen molar-refractivity contribution in [3.63, 3.8) is 0 Å². The summed E-state index contributed by atoms with van der Waals surface area (Å²) in [7, 11) is -3.18. The van der Waals surface area contributed by atoms with Crippen molar-refractivity contribution in [1.29, 1.82) is 0 Å². The van der Waals surface area contributed by atoms with Crippen molar-refractivity contribution in [2.75, 3.05) is 12.8 Å². The maximum Gasteiger partial charge on any atom is 0.175 e. The van der Waals surface area contributed by atoms with Crippen LogP contribution in [-0.2, 0) is 16.3 Å². The summed E-state index contributed by atoms with van der Waals surface area (Å²) >= 11 is 0. The Morgan fingerprint density at radius 2 is 1.76 bits per heavy atom. The topological polar surface area (TPSA) is 66.4 Å². The molecule has 0 aliphatic heterocycles. The number of β-amino-alcohol motifs (C(OH)–C–C–N with tert-alkyl or cyclic N) is 1. The normalized spacial score (nSPS) is 13.6. The van der Waals surface area contributed by atoms with Crippen molar-refractivity contribution in [3.8, 4) is 0 Å². The van der Waals surface area contributed by atoms with Gasteiger partial charge in [0.1, 0.15) is 0 Å². The zero-order valence-corrected chi connectivity index (χ0v) is 15.9. The average Bonchev–Trinajstić information content (AvgIpc) is 2.58. The third kappa shape index (κ3) is 6.27. The van der Waals surface area contributed by atoms with E-state index in [9.17, 15) is 13.5 Å². The summed E-state index contributed by atoms with van der Waals surface area (Å²) in [5.74, 6) is 0. The number of nitrogens with one attached hydrogen (secondary N) is 1. The SMILES string of the molecule is CC(C)(CCc1cccc(S(C)(=O)=O)c1)NCC(O)c1ccccc1. The highest BCUT2D eigenvalue weighted by atomic mass is 32.2. The lowest BCUT2D eigenvalue weighted by atomic mass is 9.94. The van der Waals surface area contributed by atoms with Crippen LogP contribution in [0.2, 0.25) is 0 Å². The molecule has 0 bridgehead atoms. The predicted octanol–water partition coefficient (Wildman–Crippen LogP) is 3.12. The van der Waals surface area contributed by atoms with E-state index in [0.717, 1.165) is 24.0 Å². The van der Waals surface area contributed by atoms with Crippen molar-refractivity contribution in [1.82, 2.24) is 5.32 Å². The molecule has 25 heavy (non-hydrogen) atoms. The van der Waals surface area contributed by atoms with E-state index in [0.29, 0.717) is 11.4 Å². The third-order valence-electron chi connectivity index (χ3n) is 4.32. The molecule has 0 aliphatic carbocycles. The van der Waals surface area contributed by atoms with Gasteiger partial charge in [-0.05, 0) is 49.9 Å². The molecule has 0 saturated carbocycles. The van der Waals surface area contributed by atoms with Gasteiger partial charge in [-0.25, -0.2) is 8.42 Å². The maximum absolute atomic E-state index is 11.7. The van der Waals surface area contributed by atoms with Crippen LogP contribution in [0.1, 0.15) is 37.5 Å². The summed E-state index contributed by atoms with van der Waals surface area (Å²) in [6, 6.07) is 16.7. The summed E-state index contributed by atoms with van der Waals surface area (Å²) in [5, 5.41) is 13.7. The van der Waals surface area contributed by atoms with Crippen LogP contribution in [0.3, 0.4) is 0 Å². The molecule has 1 unspecified atom stereocenters. The molecule has 0 amide bonds. The molecule has 5 heteroatoms. The Bertz CT molecular complexity index is 786. The van der Waals surface area contributed by atoms with E-state index in [2.05, 4.69) is 19.2 Å². The summed E-state index contributed by atoms with van der Waals surface area (Å²) < 4.78 is 23.3. The number of sulfone groups is 1. The number of benzene rings is 2. The molecule has 1 atom stereocenters. The number of hydrogen-bond donors (Lipinski definition) is 2. The van der Waals surface area contributed by atoms with Crippen LogP contribution in [0.15, 0.2) is 59.5 Å². The van der Waals surface area contributed by atoms with Gasteiger partial charge in [0.15, 0.2) is 9.84 Å². The van der Waals surface area contributed by atoms with E-state index in [1.165, 1.54) is 6.26 Å². The third-order valence-corrected chi connectivity index (χ3v) is 5.43. The van der Waals surface area contributed by atoms with E-state index < -0.39 is 15.9 Å². The first-order chi connectivity index (χ1) is 11.7. The van der Waals surface area contributed by atoms with Gasteiger partial charge in [0.2, 0.25) is 0 Å². The maximum atomic E-state index is 11.7. The minimum absolute atomic E-state index is 0.170. The van der Waals surface area contributed by atoms with Crippen molar-refractivity contribution < 1.29 is 13.5 Å². The van der Waals surface area contributed by atoms with Gasteiger partial charge in [0.25, 0.3) is 0 Å². The Balaban J connectivity index is 1.91. The van der Waals surface area contributed by atoms with Crippen LogP contribution in [0, 0.1) is 0 Å². The fourth-order valence-corrected chi connectivity index (χ4v) is 3.33. The first kappa shape index (κ1) is 19.6. The second-order valence-electron chi connectivity index (χ2n) is 7.11. The molecule has 0 aliphatic rings. The molecule has 0 radical (unpaired) electrons.